The van der Waals surface area contributed by atoms with Crippen molar-refractivity contribution in [2.24, 2.45) is 0 Å². The van der Waals surface area contributed by atoms with Crippen molar-refractivity contribution in [3.63, 3.8) is 0 Å². The molecule has 1 saturated heterocycles. The Morgan fingerprint density at radius 3 is 2.89 bits per heavy atom. The number of thioether (sulfide) groups is 1. The summed E-state index contributed by atoms with van der Waals surface area (Å²) >= 11 is 4.40. The van der Waals surface area contributed by atoms with E-state index in [9.17, 15) is 14.7 Å². The van der Waals surface area contributed by atoms with Crippen LogP contribution >= 0.6 is 27.7 Å². The Hall–Kier alpha value is -0.830. The first-order chi connectivity index (χ1) is 9.06. The number of aliphatic hydroxyl groups excluding tert-OH is 2. The van der Waals surface area contributed by atoms with Crippen LogP contribution in [0.4, 0.5) is 0 Å². The maximum absolute atomic E-state index is 11.8. The highest BCUT2D eigenvalue weighted by Gasteiger charge is 2.34. The Balaban J connectivity index is 2.38. The number of hydrogen-bond acceptors (Lipinski definition) is 5. The normalized spacial score (nSPS) is 27.2. The van der Waals surface area contributed by atoms with Crippen LogP contribution in [-0.4, -0.2) is 37.7 Å². The Kier molecular flexibility index (Phi) is 4.67. The lowest BCUT2D eigenvalue weighted by molar-refractivity contribution is 0.137. The fourth-order valence-electron chi connectivity index (χ4n) is 1.95. The van der Waals surface area contributed by atoms with Gasteiger partial charge in [0.15, 0.2) is 0 Å². The van der Waals surface area contributed by atoms with Gasteiger partial charge < -0.3 is 10.2 Å². The molecule has 1 unspecified atom stereocenters. The van der Waals surface area contributed by atoms with Crippen LogP contribution < -0.4 is 11.2 Å². The van der Waals surface area contributed by atoms with Crippen LogP contribution in [0.25, 0.3) is 6.08 Å². The lowest BCUT2D eigenvalue weighted by atomic mass is 10.2. The predicted octanol–water partition coefficient (Wildman–Crippen LogP) is 0.260. The van der Waals surface area contributed by atoms with Crippen LogP contribution in [0.15, 0.2) is 20.8 Å². The summed E-state index contributed by atoms with van der Waals surface area (Å²) in [7, 11) is 0. The third-order valence-corrected chi connectivity index (χ3v) is 4.74. The largest absolute Gasteiger partial charge is 0.395 e. The van der Waals surface area contributed by atoms with Crippen LogP contribution in [0.2, 0.25) is 0 Å². The van der Waals surface area contributed by atoms with E-state index in [2.05, 4.69) is 20.9 Å². The van der Waals surface area contributed by atoms with E-state index in [0.717, 1.165) is 0 Å². The van der Waals surface area contributed by atoms with Crippen molar-refractivity contribution in [2.75, 3.05) is 6.61 Å². The molecule has 0 aliphatic carbocycles. The number of aromatic amines is 1. The highest BCUT2D eigenvalue weighted by Crippen LogP contribution is 2.40. The van der Waals surface area contributed by atoms with E-state index in [0.29, 0.717) is 12.0 Å². The van der Waals surface area contributed by atoms with Crippen LogP contribution in [0.1, 0.15) is 17.4 Å². The fourth-order valence-corrected chi connectivity index (χ4v) is 3.61. The van der Waals surface area contributed by atoms with Crippen LogP contribution in [0, 0.1) is 0 Å². The first-order valence-corrected chi connectivity index (χ1v) is 7.49. The molecule has 104 valence electrons. The van der Waals surface area contributed by atoms with Crippen molar-refractivity contribution in [3.8, 4) is 0 Å². The highest BCUT2D eigenvalue weighted by molar-refractivity contribution is 9.11. The molecule has 0 amide bonds. The van der Waals surface area contributed by atoms with E-state index in [4.69, 9.17) is 5.11 Å². The summed E-state index contributed by atoms with van der Waals surface area (Å²) in [6, 6.07) is 0. The molecule has 1 aromatic heterocycles. The molecular formula is C11H13BrN2O4S. The second-order valence-corrected chi connectivity index (χ2v) is 6.11. The number of aromatic nitrogens is 2. The van der Waals surface area contributed by atoms with E-state index < -0.39 is 17.4 Å². The summed E-state index contributed by atoms with van der Waals surface area (Å²) in [6.07, 6.45) is 2.70. The average molecular weight is 349 g/mol. The van der Waals surface area contributed by atoms with Gasteiger partial charge in [0.25, 0.3) is 5.56 Å². The number of halogens is 1. The van der Waals surface area contributed by atoms with E-state index in [1.165, 1.54) is 33.6 Å². The van der Waals surface area contributed by atoms with Gasteiger partial charge in [-0.05, 0) is 11.1 Å². The van der Waals surface area contributed by atoms with Gasteiger partial charge in [-0.3, -0.25) is 14.3 Å². The number of rotatable bonds is 3. The Morgan fingerprint density at radius 2 is 2.32 bits per heavy atom. The van der Waals surface area contributed by atoms with Gasteiger partial charge in [0.2, 0.25) is 0 Å². The number of aliphatic hydroxyl groups is 2. The van der Waals surface area contributed by atoms with Gasteiger partial charge in [0, 0.05) is 12.6 Å². The van der Waals surface area contributed by atoms with Gasteiger partial charge in [0.1, 0.15) is 0 Å². The molecule has 1 aliphatic heterocycles. The summed E-state index contributed by atoms with van der Waals surface area (Å²) < 4.78 is 1.38. The second-order valence-electron chi connectivity index (χ2n) is 4.16. The van der Waals surface area contributed by atoms with Gasteiger partial charge in [-0.25, -0.2) is 4.79 Å². The minimum atomic E-state index is -0.658. The van der Waals surface area contributed by atoms with Gasteiger partial charge in [-0.1, -0.05) is 15.9 Å². The first kappa shape index (κ1) is 14.6. The standard InChI is InChI=1S/C11H13BrN2O4S/c12-2-1-6-4-14(11(18)13-10(6)17)9-3-7(16)8(5-15)19-9/h1-2,4,7-9,15-16H,3,5H2,(H,13,17,18)/b2-1+/t7?,8-,9+/m0/s1. The summed E-state index contributed by atoms with van der Waals surface area (Å²) in [5.41, 5.74) is -0.627. The zero-order chi connectivity index (χ0) is 14.0. The minimum absolute atomic E-state index is 0.144. The summed E-state index contributed by atoms with van der Waals surface area (Å²) in [5.74, 6) is 0. The molecular weight excluding hydrogens is 336 g/mol. The van der Waals surface area contributed by atoms with Crippen LogP contribution in [-0.2, 0) is 0 Å². The molecule has 0 spiro atoms. The SMILES string of the molecule is O=c1[nH]c(=O)n([C@H]2CC(O)[C@H](CO)S2)cc1/C=C/Br. The molecule has 0 saturated carbocycles. The number of nitrogens with one attached hydrogen (secondary N) is 1. The second kappa shape index (κ2) is 6.08. The molecule has 3 atom stereocenters. The van der Waals surface area contributed by atoms with E-state index in [1.807, 2.05) is 0 Å². The topological polar surface area (TPSA) is 95.3 Å². The molecule has 1 fully saturated rings. The maximum Gasteiger partial charge on any atom is 0.329 e. The summed E-state index contributed by atoms with van der Waals surface area (Å²) in [5, 5.41) is 18.3. The number of hydrogen-bond donors (Lipinski definition) is 3. The molecule has 0 radical (unpaired) electrons. The lowest BCUT2D eigenvalue weighted by Crippen LogP contribution is -2.32. The smallest absolute Gasteiger partial charge is 0.329 e. The molecule has 1 aromatic rings. The van der Waals surface area contributed by atoms with E-state index in [1.54, 1.807) is 0 Å². The summed E-state index contributed by atoms with van der Waals surface area (Å²) in [6.45, 7) is -0.144. The van der Waals surface area contributed by atoms with Crippen molar-refractivity contribution in [3.05, 3.63) is 37.6 Å². The highest BCUT2D eigenvalue weighted by atomic mass is 79.9. The monoisotopic (exact) mass is 348 g/mol. The molecule has 3 N–H and O–H groups in total. The van der Waals surface area contributed by atoms with Crippen molar-refractivity contribution < 1.29 is 10.2 Å². The Morgan fingerprint density at radius 1 is 1.58 bits per heavy atom. The minimum Gasteiger partial charge on any atom is -0.395 e. The van der Waals surface area contributed by atoms with Crippen molar-refractivity contribution in [1.82, 2.24) is 9.55 Å². The molecule has 1 aliphatic rings. The Labute approximate surface area is 121 Å². The molecule has 0 aromatic carbocycles. The molecule has 2 heterocycles. The van der Waals surface area contributed by atoms with E-state index >= 15 is 0 Å². The molecule has 8 heteroatoms. The maximum atomic E-state index is 11.8. The third-order valence-electron chi connectivity index (χ3n) is 2.93. The van der Waals surface area contributed by atoms with Gasteiger partial charge >= 0.3 is 5.69 Å². The van der Waals surface area contributed by atoms with Crippen molar-refractivity contribution in [2.45, 2.75) is 23.1 Å². The number of nitrogens with zero attached hydrogens (tertiary/aromatic N) is 1. The van der Waals surface area contributed by atoms with Crippen LogP contribution in [0.5, 0.6) is 0 Å². The quantitative estimate of drug-likeness (QED) is 0.728. The average Bonchev–Trinajstić information content (AvgIpc) is 2.74. The van der Waals surface area contributed by atoms with Gasteiger partial charge in [0.05, 0.1) is 28.9 Å². The Bertz CT molecular complexity index is 597. The summed E-state index contributed by atoms with van der Waals surface area (Å²) in [4.78, 5) is 27.1. The third kappa shape index (κ3) is 3.02. The predicted molar refractivity (Wildman–Crippen MR) is 77.4 cm³/mol. The molecule has 2 rings (SSSR count). The van der Waals surface area contributed by atoms with Gasteiger partial charge in [-0.2, -0.15) is 0 Å². The van der Waals surface area contributed by atoms with Crippen LogP contribution in [0.3, 0.4) is 0 Å². The first-order valence-electron chi connectivity index (χ1n) is 5.63. The molecule has 19 heavy (non-hydrogen) atoms. The fraction of sp³-hybridized carbons (Fsp3) is 0.455. The lowest BCUT2D eigenvalue weighted by Gasteiger charge is -2.13. The zero-order valence-corrected chi connectivity index (χ0v) is 12.2. The van der Waals surface area contributed by atoms with E-state index in [-0.39, 0.29) is 17.2 Å². The van der Waals surface area contributed by atoms with Crippen molar-refractivity contribution >= 4 is 33.8 Å². The van der Waals surface area contributed by atoms with Gasteiger partial charge in [-0.15, -0.1) is 11.8 Å². The van der Waals surface area contributed by atoms with Crippen molar-refractivity contribution in [1.29, 1.82) is 0 Å². The molecule has 6 nitrogen and oxygen atoms in total. The number of H-pyrrole nitrogens is 1. The zero-order valence-electron chi connectivity index (χ0n) is 9.82. The molecule has 0 bridgehead atoms.